The third kappa shape index (κ3) is 1.90. The first-order chi connectivity index (χ1) is 10.4. The van der Waals surface area contributed by atoms with Crippen LogP contribution in [0.2, 0.25) is 0 Å². The molecule has 2 aromatic rings. The number of nitrogens with zero attached hydrogens (tertiary/aromatic N) is 2. The van der Waals surface area contributed by atoms with E-state index < -0.39 is 0 Å². The van der Waals surface area contributed by atoms with Crippen LogP contribution in [0.4, 0.5) is 0 Å². The van der Waals surface area contributed by atoms with Gasteiger partial charge in [-0.3, -0.25) is 0 Å². The van der Waals surface area contributed by atoms with E-state index in [-0.39, 0.29) is 5.54 Å². The Labute approximate surface area is 134 Å². The number of hydrogen-bond donors (Lipinski definition) is 0. The van der Waals surface area contributed by atoms with Crippen molar-refractivity contribution in [1.82, 2.24) is 4.57 Å². The minimum atomic E-state index is 0.173. The van der Waals surface area contributed by atoms with E-state index in [1.807, 2.05) is 13.8 Å². The fourth-order valence-corrected chi connectivity index (χ4v) is 4.36. The number of benzene rings is 1. The molecule has 0 saturated carbocycles. The topological polar surface area (TPSA) is 4.93 Å². The predicted octanol–water partition coefficient (Wildman–Crippen LogP) is 4.55. The van der Waals surface area contributed by atoms with Crippen LogP contribution in [-0.4, -0.2) is 35.2 Å². The van der Waals surface area contributed by atoms with Crippen LogP contribution in [0.1, 0.15) is 33.3 Å². The second-order valence-electron chi connectivity index (χ2n) is 7.39. The second kappa shape index (κ2) is 4.99. The van der Waals surface area contributed by atoms with Crippen molar-refractivity contribution in [3.8, 4) is 0 Å². The van der Waals surface area contributed by atoms with Gasteiger partial charge in [0.15, 0.2) is 0 Å². The van der Waals surface area contributed by atoms with Gasteiger partial charge in [0.1, 0.15) is 5.54 Å². The molecule has 0 spiro atoms. The van der Waals surface area contributed by atoms with Gasteiger partial charge in [-0.2, -0.15) is 0 Å². The van der Waals surface area contributed by atoms with Crippen molar-refractivity contribution in [2.45, 2.75) is 39.8 Å². The summed E-state index contributed by atoms with van der Waals surface area (Å²) in [5, 5.41) is 1.37. The lowest BCUT2D eigenvalue weighted by atomic mass is 9.75. The molecule has 2 atom stereocenters. The van der Waals surface area contributed by atoms with E-state index in [1.54, 1.807) is 5.57 Å². The Balaban J connectivity index is 0.000000693. The maximum atomic E-state index is 2.52. The summed E-state index contributed by atoms with van der Waals surface area (Å²) >= 11 is 0. The molecular formula is C20H29N2+. The third-order valence-corrected chi connectivity index (χ3v) is 5.67. The highest BCUT2D eigenvalue weighted by Crippen LogP contribution is 2.47. The Morgan fingerprint density at radius 3 is 2.64 bits per heavy atom. The van der Waals surface area contributed by atoms with Crippen molar-refractivity contribution in [1.29, 1.82) is 0 Å². The molecular weight excluding hydrogens is 268 g/mol. The number of para-hydroxylation sites is 1. The molecule has 0 N–H and O–H groups in total. The molecule has 118 valence electrons. The van der Waals surface area contributed by atoms with E-state index in [0.717, 1.165) is 11.0 Å². The normalized spacial score (nSPS) is 28.5. The molecule has 2 aliphatic rings. The van der Waals surface area contributed by atoms with Gasteiger partial charge >= 0.3 is 0 Å². The van der Waals surface area contributed by atoms with Crippen LogP contribution in [-0.2, 0) is 6.54 Å². The number of quaternary nitrogens is 1. The van der Waals surface area contributed by atoms with Crippen LogP contribution in [0.25, 0.3) is 16.5 Å². The maximum Gasteiger partial charge on any atom is 0.140 e. The average molecular weight is 297 g/mol. The van der Waals surface area contributed by atoms with Crippen LogP contribution in [0.3, 0.4) is 0 Å². The molecule has 0 amide bonds. The Morgan fingerprint density at radius 1 is 1.18 bits per heavy atom. The Kier molecular flexibility index (Phi) is 3.48. The van der Waals surface area contributed by atoms with Crippen molar-refractivity contribution in [3.05, 3.63) is 42.1 Å². The van der Waals surface area contributed by atoms with Gasteiger partial charge in [0.2, 0.25) is 0 Å². The van der Waals surface area contributed by atoms with Crippen molar-refractivity contribution in [3.63, 3.8) is 0 Å². The summed E-state index contributed by atoms with van der Waals surface area (Å²) in [6.45, 7) is 11.1. The van der Waals surface area contributed by atoms with Gasteiger partial charge in [-0.1, -0.05) is 45.0 Å². The van der Waals surface area contributed by atoms with E-state index in [9.17, 15) is 0 Å². The molecule has 3 heterocycles. The lowest BCUT2D eigenvalue weighted by molar-refractivity contribution is -0.935. The Bertz CT molecular complexity index is 735. The van der Waals surface area contributed by atoms with E-state index in [2.05, 4.69) is 69.0 Å². The molecule has 2 aliphatic heterocycles. The van der Waals surface area contributed by atoms with Gasteiger partial charge < -0.3 is 9.05 Å². The Morgan fingerprint density at radius 2 is 1.91 bits per heavy atom. The zero-order chi connectivity index (χ0) is 16.1. The summed E-state index contributed by atoms with van der Waals surface area (Å²) in [6.07, 6.45) is 4.78. The molecule has 1 aromatic heterocycles. The molecule has 0 radical (unpaired) electrons. The summed E-state index contributed by atoms with van der Waals surface area (Å²) in [5.41, 5.74) is 4.59. The number of likely N-dealkylation sites (N-methyl/N-ethyl adjacent to an activating group) is 1. The largest absolute Gasteiger partial charge is 0.340 e. The molecule has 22 heavy (non-hydrogen) atoms. The minimum absolute atomic E-state index is 0.173. The number of aromatic nitrogens is 1. The Hall–Kier alpha value is -1.54. The number of rotatable bonds is 0. The predicted molar refractivity (Wildman–Crippen MR) is 95.8 cm³/mol. The van der Waals surface area contributed by atoms with Gasteiger partial charge in [0, 0.05) is 28.6 Å². The SMILES string of the molecule is CC.CC1C=C2c3cccc4ccn(c34)C[C@@]2(C)[N+](C)(C)C1. The highest BCUT2D eigenvalue weighted by Gasteiger charge is 2.50. The van der Waals surface area contributed by atoms with Crippen molar-refractivity contribution < 1.29 is 4.48 Å². The maximum absolute atomic E-state index is 2.52. The van der Waals surface area contributed by atoms with Crippen LogP contribution in [0, 0.1) is 5.92 Å². The van der Waals surface area contributed by atoms with Crippen molar-refractivity contribution in [2.75, 3.05) is 20.6 Å². The lowest BCUT2D eigenvalue weighted by Gasteiger charge is -2.53. The first-order valence-electron chi connectivity index (χ1n) is 8.56. The summed E-state index contributed by atoms with van der Waals surface area (Å²) in [5.74, 6) is 0.643. The zero-order valence-electron chi connectivity index (χ0n) is 14.9. The second-order valence-corrected chi connectivity index (χ2v) is 7.39. The van der Waals surface area contributed by atoms with Gasteiger partial charge in [0.25, 0.3) is 0 Å². The molecule has 1 unspecified atom stereocenters. The van der Waals surface area contributed by atoms with Crippen molar-refractivity contribution in [2.24, 2.45) is 5.92 Å². The fourth-order valence-electron chi connectivity index (χ4n) is 4.36. The molecule has 2 heteroatoms. The minimum Gasteiger partial charge on any atom is -0.340 e. The number of hydrogen-bond acceptors (Lipinski definition) is 0. The highest BCUT2D eigenvalue weighted by molar-refractivity contribution is 5.95. The molecule has 2 nitrogen and oxygen atoms in total. The van der Waals surface area contributed by atoms with Gasteiger partial charge in [0.05, 0.1) is 32.7 Å². The summed E-state index contributed by atoms with van der Waals surface area (Å²) in [7, 11) is 4.77. The number of fused-ring (bicyclic) bond motifs is 2. The molecule has 0 saturated heterocycles. The van der Waals surface area contributed by atoms with Gasteiger partial charge in [-0.25, -0.2) is 0 Å². The van der Waals surface area contributed by atoms with E-state index in [0.29, 0.717) is 5.92 Å². The van der Waals surface area contributed by atoms with Crippen LogP contribution >= 0.6 is 0 Å². The zero-order valence-corrected chi connectivity index (χ0v) is 14.9. The lowest BCUT2D eigenvalue weighted by Crippen LogP contribution is -2.64. The molecule has 4 rings (SSSR count). The van der Waals surface area contributed by atoms with Gasteiger partial charge in [-0.05, 0) is 13.0 Å². The van der Waals surface area contributed by atoms with Gasteiger partial charge in [-0.15, -0.1) is 0 Å². The summed E-state index contributed by atoms with van der Waals surface area (Å²) < 4.78 is 3.52. The first kappa shape index (κ1) is 15.4. The van der Waals surface area contributed by atoms with Crippen LogP contribution in [0.5, 0.6) is 0 Å². The smallest absolute Gasteiger partial charge is 0.140 e. The molecule has 1 aromatic carbocycles. The van der Waals surface area contributed by atoms with Crippen molar-refractivity contribution >= 4 is 16.5 Å². The summed E-state index contributed by atoms with van der Waals surface area (Å²) in [4.78, 5) is 0. The summed E-state index contributed by atoms with van der Waals surface area (Å²) in [6, 6.07) is 8.99. The third-order valence-electron chi connectivity index (χ3n) is 5.67. The first-order valence-corrected chi connectivity index (χ1v) is 8.56. The molecule has 0 fully saturated rings. The average Bonchev–Trinajstić information content (AvgIpc) is 2.88. The molecule has 0 aliphatic carbocycles. The van der Waals surface area contributed by atoms with E-state index in [4.69, 9.17) is 0 Å². The molecule has 0 bridgehead atoms. The highest BCUT2D eigenvalue weighted by atomic mass is 15.4. The van der Waals surface area contributed by atoms with Crippen LogP contribution < -0.4 is 0 Å². The quantitative estimate of drug-likeness (QED) is 0.629. The van der Waals surface area contributed by atoms with Crippen LogP contribution in [0.15, 0.2) is 36.5 Å². The van der Waals surface area contributed by atoms with E-state index >= 15 is 0 Å². The van der Waals surface area contributed by atoms with E-state index in [1.165, 1.54) is 23.0 Å². The standard InChI is InChI=1S/C18H23N2.C2H6/c1-13-10-16-15-7-5-6-14-8-9-19(17(14)15)12-18(16,2)20(3,4)11-13;1-2/h5-10,13H,11-12H2,1-4H3;1-2H3/q+1;/t13?,18-;/m1./s1. The monoisotopic (exact) mass is 297 g/mol. The fraction of sp³-hybridized carbons (Fsp3) is 0.500.